The molecule has 0 aromatic heterocycles. The number of carbonyl (C=O) groups excluding carboxylic acids is 2. The first-order valence-corrected chi connectivity index (χ1v) is 9.76. The molecule has 2 unspecified atom stereocenters. The Morgan fingerprint density at radius 2 is 2.04 bits per heavy atom. The minimum atomic E-state index is -0.298. The highest BCUT2D eigenvalue weighted by Gasteiger charge is 2.30. The van der Waals surface area contributed by atoms with Gasteiger partial charge in [0.2, 0.25) is 11.8 Å². The van der Waals surface area contributed by atoms with Gasteiger partial charge >= 0.3 is 0 Å². The largest absolute Gasteiger partial charge is 0.333 e. The number of halogens is 1. The molecule has 0 saturated carbocycles. The molecule has 0 radical (unpaired) electrons. The van der Waals surface area contributed by atoms with E-state index in [9.17, 15) is 14.0 Å². The van der Waals surface area contributed by atoms with Crippen molar-refractivity contribution < 1.29 is 14.0 Å². The molecule has 0 spiro atoms. The topological polar surface area (TPSA) is 61.4 Å². The number of anilines is 1. The van der Waals surface area contributed by atoms with Gasteiger partial charge in [-0.3, -0.25) is 9.59 Å². The molecule has 1 fully saturated rings. The number of nitrogens with zero attached hydrogens (tertiary/aromatic N) is 1. The summed E-state index contributed by atoms with van der Waals surface area (Å²) >= 11 is 0. The lowest BCUT2D eigenvalue weighted by atomic mass is 9.89. The van der Waals surface area contributed by atoms with Gasteiger partial charge in [-0.05, 0) is 42.2 Å². The maximum atomic E-state index is 13.6. The van der Waals surface area contributed by atoms with E-state index in [2.05, 4.69) is 10.6 Å². The number of hydrogen-bond acceptors (Lipinski definition) is 3. The summed E-state index contributed by atoms with van der Waals surface area (Å²) in [6.07, 6.45) is 1.48. The van der Waals surface area contributed by atoms with Gasteiger partial charge < -0.3 is 15.5 Å². The Morgan fingerprint density at radius 1 is 1.18 bits per heavy atom. The van der Waals surface area contributed by atoms with Crippen LogP contribution >= 0.6 is 0 Å². The zero-order chi connectivity index (χ0) is 19.5. The van der Waals surface area contributed by atoms with Crippen molar-refractivity contribution >= 4 is 17.5 Å². The lowest BCUT2D eigenvalue weighted by Crippen LogP contribution is -2.48. The SMILES string of the molecule is O=C1Nc2ccccc2CC1CCC(=O)N1CCNCC1c1cccc(F)c1. The third-order valence-corrected chi connectivity index (χ3v) is 5.62. The molecular formula is C22H24FN3O2. The van der Waals surface area contributed by atoms with Crippen LogP contribution in [0.1, 0.15) is 30.0 Å². The summed E-state index contributed by atoms with van der Waals surface area (Å²) in [5.74, 6) is -0.502. The van der Waals surface area contributed by atoms with Crippen molar-refractivity contribution in [3.63, 3.8) is 0 Å². The zero-order valence-electron chi connectivity index (χ0n) is 15.7. The molecule has 2 aromatic rings. The second-order valence-corrected chi connectivity index (χ2v) is 7.45. The fourth-order valence-electron chi connectivity index (χ4n) is 4.10. The van der Waals surface area contributed by atoms with Gasteiger partial charge in [0.05, 0.1) is 6.04 Å². The molecule has 2 atom stereocenters. The summed E-state index contributed by atoms with van der Waals surface area (Å²) in [5.41, 5.74) is 2.77. The Hall–Kier alpha value is -2.73. The van der Waals surface area contributed by atoms with Gasteiger partial charge in [-0.15, -0.1) is 0 Å². The standard InChI is InChI=1S/C22H24FN3O2/c23-18-6-3-5-16(13-18)20-14-24-10-11-26(20)21(27)9-8-17-12-15-4-1-2-7-19(15)25-22(17)28/h1-7,13,17,20,24H,8-12,14H2,(H,25,28). The minimum Gasteiger partial charge on any atom is -0.333 e. The molecule has 146 valence electrons. The first-order valence-electron chi connectivity index (χ1n) is 9.76. The molecule has 0 aliphatic carbocycles. The molecule has 2 aliphatic rings. The minimum absolute atomic E-state index is 0.0161. The van der Waals surface area contributed by atoms with Gasteiger partial charge in [-0.2, -0.15) is 0 Å². The first kappa shape index (κ1) is 18.6. The van der Waals surface area contributed by atoms with Gasteiger partial charge in [-0.25, -0.2) is 4.39 Å². The first-order chi connectivity index (χ1) is 13.6. The predicted molar refractivity (Wildman–Crippen MR) is 105 cm³/mol. The van der Waals surface area contributed by atoms with Crippen LogP contribution in [0.5, 0.6) is 0 Å². The monoisotopic (exact) mass is 381 g/mol. The molecule has 6 heteroatoms. The fraction of sp³-hybridized carbons (Fsp3) is 0.364. The van der Waals surface area contributed by atoms with E-state index in [0.29, 0.717) is 32.4 Å². The number of para-hydroxylation sites is 1. The maximum absolute atomic E-state index is 13.6. The number of benzene rings is 2. The van der Waals surface area contributed by atoms with Crippen LogP contribution in [0.2, 0.25) is 0 Å². The Kier molecular flexibility index (Phi) is 5.39. The highest BCUT2D eigenvalue weighted by atomic mass is 19.1. The number of amides is 2. The van der Waals surface area contributed by atoms with Gasteiger partial charge in [0.15, 0.2) is 0 Å². The molecule has 1 saturated heterocycles. The van der Waals surface area contributed by atoms with Crippen LogP contribution in [0.4, 0.5) is 10.1 Å². The average Bonchev–Trinajstić information content (AvgIpc) is 2.72. The number of fused-ring (bicyclic) bond motifs is 1. The third kappa shape index (κ3) is 3.92. The van der Waals surface area contributed by atoms with Crippen LogP contribution < -0.4 is 10.6 Å². The third-order valence-electron chi connectivity index (χ3n) is 5.62. The summed E-state index contributed by atoms with van der Waals surface area (Å²) in [5, 5.41) is 6.22. The average molecular weight is 381 g/mol. The van der Waals surface area contributed by atoms with Crippen molar-refractivity contribution in [2.24, 2.45) is 5.92 Å². The lowest BCUT2D eigenvalue weighted by Gasteiger charge is -2.37. The van der Waals surface area contributed by atoms with E-state index in [1.165, 1.54) is 12.1 Å². The summed E-state index contributed by atoms with van der Waals surface area (Å²) < 4.78 is 13.6. The van der Waals surface area contributed by atoms with Gasteiger partial charge in [-0.1, -0.05) is 30.3 Å². The zero-order valence-corrected chi connectivity index (χ0v) is 15.7. The van der Waals surface area contributed by atoms with Crippen molar-refractivity contribution in [1.29, 1.82) is 0 Å². The van der Waals surface area contributed by atoms with Crippen LogP contribution in [-0.4, -0.2) is 36.3 Å². The normalized spacial score (nSPS) is 21.8. The molecule has 2 heterocycles. The van der Waals surface area contributed by atoms with Crippen LogP contribution in [-0.2, 0) is 16.0 Å². The van der Waals surface area contributed by atoms with Gasteiger partial charge in [0, 0.05) is 37.7 Å². The molecule has 5 nitrogen and oxygen atoms in total. The number of hydrogen-bond donors (Lipinski definition) is 2. The molecule has 2 aromatic carbocycles. The molecule has 4 rings (SSSR count). The van der Waals surface area contributed by atoms with Crippen LogP contribution in [0.15, 0.2) is 48.5 Å². The smallest absolute Gasteiger partial charge is 0.227 e. The van der Waals surface area contributed by atoms with E-state index in [1.54, 1.807) is 6.07 Å². The maximum Gasteiger partial charge on any atom is 0.227 e. The fourth-order valence-corrected chi connectivity index (χ4v) is 4.10. The van der Waals surface area contributed by atoms with Crippen molar-refractivity contribution in [3.8, 4) is 0 Å². The Balaban J connectivity index is 1.42. The number of nitrogens with one attached hydrogen (secondary N) is 2. The van der Waals surface area contributed by atoms with Crippen LogP contribution in [0.3, 0.4) is 0 Å². The summed E-state index contributed by atoms with van der Waals surface area (Å²) in [6.45, 7) is 1.90. The highest BCUT2D eigenvalue weighted by molar-refractivity contribution is 5.96. The Labute approximate surface area is 163 Å². The summed E-state index contributed by atoms with van der Waals surface area (Å²) in [4.78, 5) is 27.1. The Bertz CT molecular complexity index is 886. The summed E-state index contributed by atoms with van der Waals surface area (Å²) in [6, 6.07) is 14.0. The predicted octanol–water partition coefficient (Wildman–Crippen LogP) is 2.89. The van der Waals surface area contributed by atoms with E-state index in [4.69, 9.17) is 0 Å². The van der Waals surface area contributed by atoms with Gasteiger partial charge in [0.1, 0.15) is 5.82 Å². The Morgan fingerprint density at radius 3 is 2.89 bits per heavy atom. The number of rotatable bonds is 4. The quantitative estimate of drug-likeness (QED) is 0.856. The molecular weight excluding hydrogens is 357 g/mol. The molecule has 2 amide bonds. The van der Waals surface area contributed by atoms with E-state index >= 15 is 0 Å². The van der Waals surface area contributed by atoms with E-state index in [1.807, 2.05) is 35.2 Å². The van der Waals surface area contributed by atoms with Crippen LogP contribution in [0, 0.1) is 11.7 Å². The summed E-state index contributed by atoms with van der Waals surface area (Å²) in [7, 11) is 0. The highest BCUT2D eigenvalue weighted by Crippen LogP contribution is 2.29. The van der Waals surface area contributed by atoms with Crippen molar-refractivity contribution in [1.82, 2.24) is 10.2 Å². The second kappa shape index (κ2) is 8.10. The van der Waals surface area contributed by atoms with Crippen molar-refractivity contribution in [3.05, 3.63) is 65.5 Å². The van der Waals surface area contributed by atoms with Crippen LogP contribution in [0.25, 0.3) is 0 Å². The van der Waals surface area contributed by atoms with E-state index in [-0.39, 0.29) is 29.6 Å². The van der Waals surface area contributed by atoms with E-state index < -0.39 is 0 Å². The van der Waals surface area contributed by atoms with E-state index in [0.717, 1.165) is 23.4 Å². The lowest BCUT2D eigenvalue weighted by molar-refractivity contribution is -0.135. The van der Waals surface area contributed by atoms with Gasteiger partial charge in [0.25, 0.3) is 0 Å². The number of piperazine rings is 1. The molecule has 28 heavy (non-hydrogen) atoms. The van der Waals surface area contributed by atoms with Crippen molar-refractivity contribution in [2.75, 3.05) is 25.0 Å². The molecule has 0 bridgehead atoms. The second-order valence-electron chi connectivity index (χ2n) is 7.45. The van der Waals surface area contributed by atoms with Crippen molar-refractivity contribution in [2.45, 2.75) is 25.3 Å². The molecule has 2 N–H and O–H groups in total. The number of carbonyl (C=O) groups is 2. The molecule has 2 aliphatic heterocycles.